The van der Waals surface area contributed by atoms with Crippen LogP contribution in [-0.2, 0) is 0 Å². The summed E-state index contributed by atoms with van der Waals surface area (Å²) >= 11 is 0. The summed E-state index contributed by atoms with van der Waals surface area (Å²) in [5, 5.41) is 3.81. The second-order valence-electron chi connectivity index (χ2n) is 7.66. The summed E-state index contributed by atoms with van der Waals surface area (Å²) in [7, 11) is 0. The quantitative estimate of drug-likeness (QED) is 0.791. The highest BCUT2D eigenvalue weighted by molar-refractivity contribution is 4.98. The molecule has 2 saturated heterocycles. The molecule has 3 unspecified atom stereocenters. The summed E-state index contributed by atoms with van der Waals surface area (Å²) in [5.74, 6) is 1.80. The molecule has 3 rings (SSSR count). The van der Waals surface area contributed by atoms with Crippen LogP contribution in [0.3, 0.4) is 0 Å². The first-order chi connectivity index (χ1) is 9.22. The minimum atomic E-state index is 0.849. The number of fused-ring (bicyclic) bond motifs is 2. The van der Waals surface area contributed by atoms with E-state index < -0.39 is 0 Å². The van der Waals surface area contributed by atoms with Gasteiger partial charge in [-0.05, 0) is 56.9 Å². The van der Waals surface area contributed by atoms with Crippen molar-refractivity contribution in [1.29, 1.82) is 0 Å². The van der Waals surface area contributed by atoms with Gasteiger partial charge in [-0.3, -0.25) is 0 Å². The van der Waals surface area contributed by atoms with Crippen molar-refractivity contribution in [2.45, 2.75) is 83.3 Å². The summed E-state index contributed by atoms with van der Waals surface area (Å²) < 4.78 is 0. The highest BCUT2D eigenvalue weighted by Gasteiger charge is 2.40. The number of nitrogens with zero attached hydrogens (tertiary/aromatic N) is 1. The molecule has 19 heavy (non-hydrogen) atoms. The van der Waals surface area contributed by atoms with E-state index >= 15 is 0 Å². The van der Waals surface area contributed by atoms with Gasteiger partial charge >= 0.3 is 0 Å². The molecule has 0 amide bonds. The SMILES string of the molecule is CC(C)CCN(CC1CC2CCC1N2)C1CCCC1. The van der Waals surface area contributed by atoms with Gasteiger partial charge in [-0.1, -0.05) is 26.7 Å². The lowest BCUT2D eigenvalue weighted by atomic mass is 9.88. The molecule has 1 N–H and O–H groups in total. The van der Waals surface area contributed by atoms with Gasteiger partial charge in [-0.15, -0.1) is 0 Å². The number of hydrogen-bond donors (Lipinski definition) is 1. The average molecular weight is 264 g/mol. The van der Waals surface area contributed by atoms with Crippen molar-refractivity contribution in [3.05, 3.63) is 0 Å². The molecule has 1 aliphatic carbocycles. The third-order valence-electron chi connectivity index (χ3n) is 5.74. The first kappa shape index (κ1) is 13.9. The van der Waals surface area contributed by atoms with Crippen molar-refractivity contribution in [3.63, 3.8) is 0 Å². The van der Waals surface area contributed by atoms with E-state index in [0.717, 1.165) is 30.0 Å². The van der Waals surface area contributed by atoms with E-state index in [1.54, 1.807) is 0 Å². The van der Waals surface area contributed by atoms with Crippen molar-refractivity contribution in [2.75, 3.05) is 13.1 Å². The molecule has 2 nitrogen and oxygen atoms in total. The lowest BCUT2D eigenvalue weighted by molar-refractivity contribution is 0.149. The highest BCUT2D eigenvalue weighted by atomic mass is 15.2. The lowest BCUT2D eigenvalue weighted by Crippen LogP contribution is -2.41. The van der Waals surface area contributed by atoms with Gasteiger partial charge < -0.3 is 10.2 Å². The Kier molecular flexibility index (Phi) is 4.48. The van der Waals surface area contributed by atoms with Crippen LogP contribution < -0.4 is 5.32 Å². The molecule has 0 aromatic rings. The van der Waals surface area contributed by atoms with Crippen LogP contribution in [0.2, 0.25) is 0 Å². The van der Waals surface area contributed by atoms with Crippen LogP contribution in [0.1, 0.15) is 65.2 Å². The van der Waals surface area contributed by atoms with Gasteiger partial charge in [-0.2, -0.15) is 0 Å². The lowest BCUT2D eigenvalue weighted by Gasteiger charge is -2.34. The van der Waals surface area contributed by atoms with Gasteiger partial charge in [0, 0.05) is 24.7 Å². The van der Waals surface area contributed by atoms with Gasteiger partial charge in [0.05, 0.1) is 0 Å². The largest absolute Gasteiger partial charge is 0.311 e. The number of rotatable bonds is 6. The van der Waals surface area contributed by atoms with Gasteiger partial charge in [-0.25, -0.2) is 0 Å². The molecule has 3 aliphatic rings. The molecule has 2 aliphatic heterocycles. The zero-order chi connectivity index (χ0) is 13.2. The Morgan fingerprint density at radius 3 is 2.47 bits per heavy atom. The maximum atomic E-state index is 3.81. The van der Waals surface area contributed by atoms with Crippen LogP contribution in [0.4, 0.5) is 0 Å². The third-order valence-corrected chi connectivity index (χ3v) is 5.74. The minimum absolute atomic E-state index is 0.849. The maximum absolute atomic E-state index is 3.81. The Bertz CT molecular complexity index is 283. The molecule has 3 fully saturated rings. The second kappa shape index (κ2) is 6.13. The van der Waals surface area contributed by atoms with E-state index in [1.807, 2.05) is 0 Å². The minimum Gasteiger partial charge on any atom is -0.311 e. The summed E-state index contributed by atoms with van der Waals surface area (Å²) in [5.41, 5.74) is 0. The number of hydrogen-bond acceptors (Lipinski definition) is 2. The Hall–Kier alpha value is -0.0800. The van der Waals surface area contributed by atoms with E-state index in [0.29, 0.717) is 0 Å². The zero-order valence-corrected chi connectivity index (χ0v) is 12.9. The highest BCUT2D eigenvalue weighted by Crippen LogP contribution is 2.35. The van der Waals surface area contributed by atoms with E-state index in [-0.39, 0.29) is 0 Å². The molecule has 110 valence electrons. The average Bonchev–Trinajstić information content (AvgIpc) is 3.09. The second-order valence-corrected chi connectivity index (χ2v) is 7.66. The molecule has 2 bridgehead atoms. The standard InChI is InChI=1S/C17H32N2/c1-13(2)9-10-19(16-5-3-4-6-16)12-14-11-15-7-8-17(14)18-15/h13-18H,3-12H2,1-2H3. The fraction of sp³-hybridized carbons (Fsp3) is 1.00. The molecule has 2 heterocycles. The molecule has 0 aromatic heterocycles. The van der Waals surface area contributed by atoms with Crippen LogP contribution in [0.15, 0.2) is 0 Å². The van der Waals surface area contributed by atoms with Gasteiger partial charge in [0.25, 0.3) is 0 Å². The Morgan fingerprint density at radius 1 is 1.11 bits per heavy atom. The molecule has 0 radical (unpaired) electrons. The summed E-state index contributed by atoms with van der Waals surface area (Å²) in [6, 6.07) is 2.64. The maximum Gasteiger partial charge on any atom is 0.0111 e. The Balaban J connectivity index is 1.55. The molecule has 0 aromatic carbocycles. The van der Waals surface area contributed by atoms with Crippen molar-refractivity contribution in [2.24, 2.45) is 11.8 Å². The van der Waals surface area contributed by atoms with Crippen LogP contribution >= 0.6 is 0 Å². The summed E-state index contributed by atoms with van der Waals surface area (Å²) in [6.45, 7) is 7.46. The van der Waals surface area contributed by atoms with E-state index in [2.05, 4.69) is 24.1 Å². The van der Waals surface area contributed by atoms with Crippen molar-refractivity contribution in [1.82, 2.24) is 10.2 Å². The van der Waals surface area contributed by atoms with Gasteiger partial charge in [0.15, 0.2) is 0 Å². The first-order valence-corrected chi connectivity index (χ1v) is 8.72. The van der Waals surface area contributed by atoms with Crippen LogP contribution in [0, 0.1) is 11.8 Å². The first-order valence-electron chi connectivity index (χ1n) is 8.72. The van der Waals surface area contributed by atoms with Crippen LogP contribution in [-0.4, -0.2) is 36.1 Å². The summed E-state index contributed by atoms with van der Waals surface area (Å²) in [6.07, 6.45) is 11.6. The van der Waals surface area contributed by atoms with Crippen molar-refractivity contribution < 1.29 is 0 Å². The fourth-order valence-electron chi connectivity index (χ4n) is 4.56. The smallest absolute Gasteiger partial charge is 0.0111 e. The number of nitrogens with one attached hydrogen (secondary N) is 1. The predicted octanol–water partition coefficient (Wildman–Crippen LogP) is 3.42. The molecule has 3 atom stereocenters. The fourth-order valence-corrected chi connectivity index (χ4v) is 4.56. The third kappa shape index (κ3) is 3.33. The topological polar surface area (TPSA) is 15.3 Å². The molecular weight excluding hydrogens is 232 g/mol. The molecule has 2 heteroatoms. The normalized spacial score (nSPS) is 35.1. The molecule has 0 spiro atoms. The predicted molar refractivity (Wildman–Crippen MR) is 81.3 cm³/mol. The Labute approximate surface area is 119 Å². The zero-order valence-electron chi connectivity index (χ0n) is 12.9. The summed E-state index contributed by atoms with van der Waals surface area (Å²) in [4.78, 5) is 2.88. The Morgan fingerprint density at radius 2 is 1.89 bits per heavy atom. The van der Waals surface area contributed by atoms with E-state index in [4.69, 9.17) is 0 Å². The van der Waals surface area contributed by atoms with Crippen molar-refractivity contribution >= 4 is 0 Å². The monoisotopic (exact) mass is 264 g/mol. The van der Waals surface area contributed by atoms with Crippen LogP contribution in [0.5, 0.6) is 0 Å². The van der Waals surface area contributed by atoms with E-state index in [1.165, 1.54) is 64.5 Å². The van der Waals surface area contributed by atoms with Crippen molar-refractivity contribution in [3.8, 4) is 0 Å². The van der Waals surface area contributed by atoms with Gasteiger partial charge in [0.1, 0.15) is 0 Å². The van der Waals surface area contributed by atoms with Gasteiger partial charge in [0.2, 0.25) is 0 Å². The molecular formula is C17H32N2. The molecule has 1 saturated carbocycles. The van der Waals surface area contributed by atoms with Crippen LogP contribution in [0.25, 0.3) is 0 Å². The van der Waals surface area contributed by atoms with E-state index in [9.17, 15) is 0 Å².